The lowest BCUT2D eigenvalue weighted by Crippen LogP contribution is -2.29. The fourth-order valence-corrected chi connectivity index (χ4v) is 6.43. The van der Waals surface area contributed by atoms with Crippen molar-refractivity contribution < 1.29 is 66.7 Å². The molecule has 0 rings (SSSR count). The van der Waals surface area contributed by atoms with Gasteiger partial charge < -0.3 is 34.4 Å². The fraction of sp³-hybridized carbons (Fsp3) is 0.583. The molecule has 364 valence electrons. The summed E-state index contributed by atoms with van der Waals surface area (Å²) in [6.07, 6.45) is 48.7. The lowest BCUT2D eigenvalue weighted by Gasteiger charge is -2.20. The largest absolute Gasteiger partial charge is 0.472 e. The average molecular weight is 941 g/mol. The topological polar surface area (TPSA) is 216 Å². The average Bonchev–Trinajstić information content (AvgIpc) is 3.25. The molecule has 0 spiro atoms. The first kappa shape index (κ1) is 60.7. The van der Waals surface area contributed by atoms with Crippen LogP contribution >= 0.6 is 15.6 Å². The minimum Gasteiger partial charge on any atom is -0.462 e. The van der Waals surface area contributed by atoms with Crippen LogP contribution in [0.1, 0.15) is 136 Å². The first-order valence-corrected chi connectivity index (χ1v) is 25.7. The number of hydrogen-bond donors (Lipinski definition) is 5. The maximum Gasteiger partial charge on any atom is 0.472 e. The van der Waals surface area contributed by atoms with Crippen LogP contribution < -0.4 is 0 Å². The van der Waals surface area contributed by atoms with Crippen molar-refractivity contribution in [1.82, 2.24) is 0 Å². The van der Waals surface area contributed by atoms with E-state index in [9.17, 15) is 33.8 Å². The van der Waals surface area contributed by atoms with Crippen molar-refractivity contribution in [1.29, 1.82) is 0 Å². The molecule has 0 aromatic rings. The van der Waals surface area contributed by atoms with Crippen molar-refractivity contribution in [2.75, 3.05) is 26.4 Å². The molecule has 0 aromatic carbocycles. The van der Waals surface area contributed by atoms with E-state index in [1.807, 2.05) is 36.5 Å². The Morgan fingerprint density at radius 2 is 0.938 bits per heavy atom. The van der Waals surface area contributed by atoms with Gasteiger partial charge in [0, 0.05) is 12.8 Å². The summed E-state index contributed by atoms with van der Waals surface area (Å²) in [6.45, 7) is 1.36. The molecule has 64 heavy (non-hydrogen) atoms. The Balaban J connectivity index is 4.75. The van der Waals surface area contributed by atoms with E-state index in [-0.39, 0.29) is 18.9 Å². The molecule has 0 aliphatic heterocycles. The molecule has 16 heteroatoms. The van der Waals surface area contributed by atoms with E-state index in [4.69, 9.17) is 23.8 Å². The predicted octanol–water partition coefficient (Wildman–Crippen LogP) is 10.9. The lowest BCUT2D eigenvalue weighted by molar-refractivity contribution is -0.161. The van der Waals surface area contributed by atoms with Crippen molar-refractivity contribution in [2.24, 2.45) is 0 Å². The summed E-state index contributed by atoms with van der Waals surface area (Å²) in [5.74, 6) is -1.22. The normalized spacial score (nSPS) is 15.4. The van der Waals surface area contributed by atoms with Gasteiger partial charge in [-0.3, -0.25) is 23.2 Å². The monoisotopic (exact) mass is 940 g/mol. The van der Waals surface area contributed by atoms with Gasteiger partial charge in [0.15, 0.2) is 6.10 Å². The Kier molecular flexibility index (Phi) is 40.2. The van der Waals surface area contributed by atoms with E-state index < -0.39 is 66.2 Å². The molecule has 0 bridgehead atoms. The Bertz CT molecular complexity index is 1560. The summed E-state index contributed by atoms with van der Waals surface area (Å²) in [4.78, 5) is 52.7. The van der Waals surface area contributed by atoms with E-state index in [0.29, 0.717) is 32.1 Å². The number of ether oxygens (including phenoxy) is 2. The second kappa shape index (κ2) is 42.4. The molecule has 0 fully saturated rings. The van der Waals surface area contributed by atoms with Crippen LogP contribution in [-0.2, 0) is 41.8 Å². The number of phosphoric ester groups is 2. The van der Waals surface area contributed by atoms with Gasteiger partial charge in [-0.15, -0.1) is 0 Å². The van der Waals surface area contributed by atoms with Gasteiger partial charge in [0.05, 0.1) is 25.9 Å². The number of esters is 2. The third kappa shape index (κ3) is 45.3. The molecular formula is C48H78O14P2. The first-order chi connectivity index (χ1) is 30.8. The van der Waals surface area contributed by atoms with Gasteiger partial charge >= 0.3 is 27.6 Å². The third-order valence-corrected chi connectivity index (χ3v) is 10.1. The molecule has 0 saturated carbocycles. The Labute approximate surface area is 383 Å². The Morgan fingerprint density at radius 3 is 1.44 bits per heavy atom. The van der Waals surface area contributed by atoms with Gasteiger partial charge in [0.25, 0.3) is 0 Å². The SMILES string of the molecule is CCCCC/C=C\C/C=C\C/C=C\C/C=C\C/C=C\CCC(=O)O[C@H](COC(=O)CCC/C=C\C/C=C\C/C=C\C/C=C\CC(O)CCC)COP(=O)(O)OC[C@@H](O)COP(=O)(O)O. The molecule has 0 heterocycles. The summed E-state index contributed by atoms with van der Waals surface area (Å²) in [5, 5.41) is 19.5. The van der Waals surface area contributed by atoms with Gasteiger partial charge in [-0.2, -0.15) is 0 Å². The molecule has 4 atom stereocenters. The summed E-state index contributed by atoms with van der Waals surface area (Å²) >= 11 is 0. The number of unbranched alkanes of at least 4 members (excludes halogenated alkanes) is 4. The second-order valence-corrected chi connectivity index (χ2v) is 17.5. The highest BCUT2D eigenvalue weighted by Gasteiger charge is 2.28. The van der Waals surface area contributed by atoms with Crippen LogP contribution in [0.3, 0.4) is 0 Å². The zero-order valence-electron chi connectivity index (χ0n) is 38.2. The minimum atomic E-state index is -4.89. The van der Waals surface area contributed by atoms with E-state index in [1.165, 1.54) is 19.3 Å². The highest BCUT2D eigenvalue weighted by molar-refractivity contribution is 7.47. The van der Waals surface area contributed by atoms with Crippen molar-refractivity contribution in [2.45, 2.75) is 154 Å². The number of hydrogen-bond acceptors (Lipinski definition) is 11. The van der Waals surface area contributed by atoms with Crippen LogP contribution in [0.25, 0.3) is 0 Å². The van der Waals surface area contributed by atoms with Gasteiger partial charge in [-0.25, -0.2) is 9.13 Å². The van der Waals surface area contributed by atoms with Crippen LogP contribution in [0.5, 0.6) is 0 Å². The second-order valence-electron chi connectivity index (χ2n) is 14.8. The summed E-state index contributed by atoms with van der Waals surface area (Å²) < 4.78 is 47.6. The number of allylic oxidation sites excluding steroid dienone is 17. The maximum atomic E-state index is 12.6. The lowest BCUT2D eigenvalue weighted by atomic mass is 10.1. The quantitative estimate of drug-likeness (QED) is 0.0167. The molecule has 0 saturated heterocycles. The molecule has 5 N–H and O–H groups in total. The molecule has 2 unspecified atom stereocenters. The summed E-state index contributed by atoms with van der Waals surface area (Å²) in [7, 11) is -9.74. The molecule has 0 radical (unpaired) electrons. The third-order valence-electron chi connectivity index (χ3n) is 8.69. The van der Waals surface area contributed by atoms with Gasteiger partial charge in [-0.1, -0.05) is 142 Å². The standard InChI is InChI=1S/C48H78O14P2/c1-3-5-6-7-8-9-10-11-12-13-14-15-16-19-23-26-29-32-35-39-48(52)62-46(43-61-64(56,57)60-41-45(50)40-59-63(53,54)55)42-58-47(51)38-34-31-28-25-22-20-17-18-21-24-27-30-33-37-44(49)36-4-2/h8-9,11-12,14-15,17,19-21,23-25,28-30,32-33,44-46,49-50H,3-7,10,13,16,18,22,26-27,31,34-43H2,1-2H3,(H,56,57)(H2,53,54,55)/b9-8-,12-11-,15-14-,20-17-,23-19-,24-21-,28-25-,32-29-,33-30-/t44?,45-,46+/m0/s1. The number of carbonyl (C=O) groups is 2. The van der Waals surface area contributed by atoms with Gasteiger partial charge in [0.1, 0.15) is 12.7 Å². The maximum absolute atomic E-state index is 12.6. The smallest absolute Gasteiger partial charge is 0.462 e. The number of rotatable bonds is 41. The van der Waals surface area contributed by atoms with E-state index >= 15 is 0 Å². The highest BCUT2D eigenvalue weighted by Crippen LogP contribution is 2.43. The predicted molar refractivity (Wildman–Crippen MR) is 254 cm³/mol. The van der Waals surface area contributed by atoms with Crippen LogP contribution in [0.2, 0.25) is 0 Å². The number of carbonyl (C=O) groups excluding carboxylic acids is 2. The zero-order chi connectivity index (χ0) is 47.4. The van der Waals surface area contributed by atoms with Crippen LogP contribution in [-0.4, -0.2) is 81.6 Å². The van der Waals surface area contributed by atoms with Crippen LogP contribution in [0.15, 0.2) is 109 Å². The molecular weight excluding hydrogens is 862 g/mol. The number of aliphatic hydroxyl groups is 2. The van der Waals surface area contributed by atoms with E-state index in [1.54, 1.807) is 0 Å². The van der Waals surface area contributed by atoms with Crippen LogP contribution in [0, 0.1) is 0 Å². The number of aliphatic hydroxyl groups excluding tert-OH is 2. The molecule has 0 aliphatic rings. The molecule has 0 aliphatic carbocycles. The van der Waals surface area contributed by atoms with Crippen molar-refractivity contribution >= 4 is 27.6 Å². The molecule has 0 amide bonds. The first-order valence-electron chi connectivity index (χ1n) is 22.7. The van der Waals surface area contributed by atoms with Crippen molar-refractivity contribution in [3.63, 3.8) is 0 Å². The van der Waals surface area contributed by atoms with Crippen molar-refractivity contribution in [3.05, 3.63) is 109 Å². The van der Waals surface area contributed by atoms with Crippen molar-refractivity contribution in [3.8, 4) is 0 Å². The zero-order valence-corrected chi connectivity index (χ0v) is 40.0. The van der Waals surface area contributed by atoms with E-state index in [2.05, 4.69) is 95.8 Å². The fourth-order valence-electron chi connectivity index (χ4n) is 5.28. The molecule has 0 aromatic heterocycles. The number of phosphoric acid groups is 2. The summed E-state index contributed by atoms with van der Waals surface area (Å²) in [5.41, 5.74) is 0. The molecule has 14 nitrogen and oxygen atoms in total. The summed E-state index contributed by atoms with van der Waals surface area (Å²) in [6, 6.07) is 0. The Morgan fingerprint density at radius 1 is 0.484 bits per heavy atom. The highest BCUT2D eigenvalue weighted by atomic mass is 31.2. The Hall–Kier alpha value is -3.26. The van der Waals surface area contributed by atoms with Crippen LogP contribution in [0.4, 0.5) is 0 Å². The van der Waals surface area contributed by atoms with Gasteiger partial charge in [0.2, 0.25) is 0 Å². The van der Waals surface area contributed by atoms with E-state index in [0.717, 1.165) is 57.8 Å². The minimum absolute atomic E-state index is 0.0177. The van der Waals surface area contributed by atoms with Gasteiger partial charge in [-0.05, 0) is 89.9 Å².